The molecular weight excluding hydrogens is 210 g/mol. The van der Waals surface area contributed by atoms with Crippen LogP contribution in [0, 0.1) is 5.92 Å². The molecule has 1 aliphatic heterocycles. The summed E-state index contributed by atoms with van der Waals surface area (Å²) in [6.45, 7) is 1.51. The van der Waals surface area contributed by atoms with E-state index in [4.69, 9.17) is 20.3 Å². The Morgan fingerprint density at radius 2 is 2.00 bits per heavy atom. The third-order valence-electron chi connectivity index (χ3n) is 3.43. The first kappa shape index (κ1) is 11.8. The maximum absolute atomic E-state index is 11.1. The van der Waals surface area contributed by atoms with Crippen LogP contribution in [0.1, 0.15) is 25.7 Å². The number of carboxylic acids is 1. The van der Waals surface area contributed by atoms with Crippen LogP contribution in [-0.4, -0.2) is 42.5 Å². The second kappa shape index (κ2) is 4.69. The molecule has 0 radical (unpaired) electrons. The van der Waals surface area contributed by atoms with Crippen LogP contribution in [0.25, 0.3) is 0 Å². The van der Waals surface area contributed by atoms with Crippen molar-refractivity contribution in [3.8, 4) is 0 Å². The lowest BCUT2D eigenvalue weighted by molar-refractivity contribution is -0.149. The van der Waals surface area contributed by atoms with Gasteiger partial charge in [0, 0.05) is 13.2 Å². The summed E-state index contributed by atoms with van der Waals surface area (Å²) in [5, 5.41) is 9.14. The molecule has 92 valence electrons. The molecule has 1 atom stereocenters. The fourth-order valence-corrected chi connectivity index (χ4v) is 2.05. The highest BCUT2D eigenvalue weighted by atomic mass is 16.5. The van der Waals surface area contributed by atoms with Gasteiger partial charge in [0.05, 0.1) is 12.7 Å². The van der Waals surface area contributed by atoms with E-state index in [-0.39, 0.29) is 18.6 Å². The van der Waals surface area contributed by atoms with Gasteiger partial charge in [0.1, 0.15) is 5.54 Å². The fraction of sp³-hybridized carbons (Fsp3) is 0.909. The highest BCUT2D eigenvalue weighted by molar-refractivity contribution is 5.79. The monoisotopic (exact) mass is 229 g/mol. The Morgan fingerprint density at radius 1 is 1.38 bits per heavy atom. The van der Waals surface area contributed by atoms with Gasteiger partial charge in [-0.3, -0.25) is 4.79 Å². The van der Waals surface area contributed by atoms with Gasteiger partial charge in [-0.1, -0.05) is 0 Å². The topological polar surface area (TPSA) is 81.8 Å². The van der Waals surface area contributed by atoms with E-state index in [1.807, 2.05) is 0 Å². The summed E-state index contributed by atoms with van der Waals surface area (Å²) in [5.74, 6) is -0.855. The predicted molar refractivity (Wildman–Crippen MR) is 57.1 cm³/mol. The van der Waals surface area contributed by atoms with Crippen LogP contribution >= 0.6 is 0 Å². The number of rotatable bonds is 5. The average Bonchev–Trinajstić information content (AvgIpc) is 3.11. The largest absolute Gasteiger partial charge is 0.480 e. The zero-order valence-corrected chi connectivity index (χ0v) is 9.35. The molecule has 1 aliphatic carbocycles. The standard InChI is InChI=1S/C11H19NO4/c12-11(10(13)14,8-1-2-8)7-16-9-3-5-15-6-4-9/h8-9H,1-7,12H2,(H,13,14). The van der Waals surface area contributed by atoms with Crippen LogP contribution in [0.15, 0.2) is 0 Å². The Kier molecular flexibility index (Phi) is 3.47. The average molecular weight is 229 g/mol. The molecule has 5 nitrogen and oxygen atoms in total. The van der Waals surface area contributed by atoms with Crippen molar-refractivity contribution in [2.24, 2.45) is 11.7 Å². The van der Waals surface area contributed by atoms with Crippen molar-refractivity contribution >= 4 is 5.97 Å². The van der Waals surface area contributed by atoms with Crippen molar-refractivity contribution in [2.45, 2.75) is 37.3 Å². The molecule has 2 rings (SSSR count). The minimum absolute atomic E-state index is 0.0878. The van der Waals surface area contributed by atoms with Crippen molar-refractivity contribution in [1.29, 1.82) is 0 Å². The van der Waals surface area contributed by atoms with E-state index < -0.39 is 11.5 Å². The molecular formula is C11H19NO4. The summed E-state index contributed by atoms with van der Waals surface area (Å²) in [4.78, 5) is 11.1. The molecule has 1 saturated heterocycles. The number of carbonyl (C=O) groups is 1. The van der Waals surface area contributed by atoms with Crippen molar-refractivity contribution in [2.75, 3.05) is 19.8 Å². The maximum atomic E-state index is 11.1. The number of hydrogen-bond acceptors (Lipinski definition) is 4. The summed E-state index contributed by atoms with van der Waals surface area (Å²) >= 11 is 0. The Hall–Kier alpha value is -0.650. The van der Waals surface area contributed by atoms with Crippen LogP contribution in [0.5, 0.6) is 0 Å². The third kappa shape index (κ3) is 2.53. The zero-order chi connectivity index (χ0) is 11.6. The number of aliphatic carboxylic acids is 1. The molecule has 1 saturated carbocycles. The van der Waals surface area contributed by atoms with E-state index >= 15 is 0 Å². The molecule has 5 heteroatoms. The Bertz CT molecular complexity index is 261. The lowest BCUT2D eigenvalue weighted by Gasteiger charge is -2.29. The lowest BCUT2D eigenvalue weighted by atomic mass is 9.96. The highest BCUT2D eigenvalue weighted by Crippen LogP contribution is 2.39. The number of hydrogen-bond donors (Lipinski definition) is 2. The molecule has 0 amide bonds. The van der Waals surface area contributed by atoms with E-state index in [2.05, 4.69) is 0 Å². The lowest BCUT2D eigenvalue weighted by Crippen LogP contribution is -2.54. The summed E-state index contributed by atoms with van der Waals surface area (Å²) in [6.07, 6.45) is 3.58. The van der Waals surface area contributed by atoms with Gasteiger partial charge in [0.2, 0.25) is 0 Å². The third-order valence-corrected chi connectivity index (χ3v) is 3.43. The maximum Gasteiger partial charge on any atom is 0.326 e. The van der Waals surface area contributed by atoms with Crippen LogP contribution in [0.2, 0.25) is 0 Å². The predicted octanol–water partition coefficient (Wildman–Crippen LogP) is 0.374. The summed E-state index contributed by atoms with van der Waals surface area (Å²) in [6, 6.07) is 0. The van der Waals surface area contributed by atoms with Crippen molar-refractivity contribution in [3.63, 3.8) is 0 Å². The van der Waals surface area contributed by atoms with E-state index in [1.54, 1.807) is 0 Å². The molecule has 0 aromatic rings. The van der Waals surface area contributed by atoms with Crippen molar-refractivity contribution in [1.82, 2.24) is 0 Å². The minimum atomic E-state index is -1.18. The molecule has 0 spiro atoms. The van der Waals surface area contributed by atoms with Crippen LogP contribution in [-0.2, 0) is 14.3 Å². The van der Waals surface area contributed by atoms with E-state index in [0.717, 1.165) is 25.7 Å². The van der Waals surface area contributed by atoms with Gasteiger partial charge >= 0.3 is 5.97 Å². The molecule has 3 N–H and O–H groups in total. The normalized spacial score (nSPS) is 26.3. The number of nitrogens with two attached hydrogens (primary N) is 1. The van der Waals surface area contributed by atoms with Gasteiger partial charge in [-0.05, 0) is 31.6 Å². The molecule has 2 fully saturated rings. The minimum Gasteiger partial charge on any atom is -0.480 e. The van der Waals surface area contributed by atoms with Crippen molar-refractivity contribution in [3.05, 3.63) is 0 Å². The SMILES string of the molecule is NC(COC1CCOCC1)(C(=O)O)C1CC1. The first-order valence-electron chi connectivity index (χ1n) is 5.84. The Labute approximate surface area is 94.9 Å². The van der Waals surface area contributed by atoms with Gasteiger partial charge < -0.3 is 20.3 Å². The Morgan fingerprint density at radius 3 is 2.50 bits per heavy atom. The van der Waals surface area contributed by atoms with Crippen LogP contribution in [0.3, 0.4) is 0 Å². The van der Waals surface area contributed by atoms with Crippen molar-refractivity contribution < 1.29 is 19.4 Å². The molecule has 16 heavy (non-hydrogen) atoms. The highest BCUT2D eigenvalue weighted by Gasteiger charge is 2.48. The van der Waals surface area contributed by atoms with Gasteiger partial charge in [0.15, 0.2) is 0 Å². The summed E-state index contributed by atoms with van der Waals surface area (Å²) in [7, 11) is 0. The van der Waals surface area contributed by atoms with Gasteiger partial charge in [-0.25, -0.2) is 0 Å². The van der Waals surface area contributed by atoms with Crippen LogP contribution < -0.4 is 5.73 Å². The quantitative estimate of drug-likeness (QED) is 0.712. The van der Waals surface area contributed by atoms with E-state index in [0.29, 0.717) is 13.2 Å². The molecule has 1 heterocycles. The molecule has 2 aliphatic rings. The van der Waals surface area contributed by atoms with Gasteiger partial charge in [-0.2, -0.15) is 0 Å². The van der Waals surface area contributed by atoms with Crippen LogP contribution in [0.4, 0.5) is 0 Å². The smallest absolute Gasteiger partial charge is 0.326 e. The second-order valence-corrected chi connectivity index (χ2v) is 4.74. The zero-order valence-electron chi connectivity index (χ0n) is 9.35. The molecule has 1 unspecified atom stereocenters. The summed E-state index contributed by atoms with van der Waals surface area (Å²) in [5.41, 5.74) is 4.73. The summed E-state index contributed by atoms with van der Waals surface area (Å²) < 4.78 is 10.8. The molecule has 0 bridgehead atoms. The number of ether oxygens (including phenoxy) is 2. The first-order valence-corrected chi connectivity index (χ1v) is 5.84. The Balaban J connectivity index is 1.83. The van der Waals surface area contributed by atoms with E-state index in [9.17, 15) is 4.79 Å². The number of carboxylic acid groups (broad SMARTS) is 1. The second-order valence-electron chi connectivity index (χ2n) is 4.74. The van der Waals surface area contributed by atoms with Gasteiger partial charge in [-0.15, -0.1) is 0 Å². The van der Waals surface area contributed by atoms with E-state index in [1.165, 1.54) is 0 Å². The first-order chi connectivity index (χ1) is 7.63. The molecule has 0 aromatic heterocycles. The van der Waals surface area contributed by atoms with Gasteiger partial charge in [0.25, 0.3) is 0 Å². The molecule has 0 aromatic carbocycles. The fourth-order valence-electron chi connectivity index (χ4n) is 2.05.